The largest absolute Gasteiger partial charge is 0.351 e. The van der Waals surface area contributed by atoms with Crippen LogP contribution in [0.4, 0.5) is 5.95 Å². The van der Waals surface area contributed by atoms with Gasteiger partial charge in [-0.2, -0.15) is 0 Å². The van der Waals surface area contributed by atoms with Crippen molar-refractivity contribution >= 4 is 23.5 Å². The Balaban J connectivity index is 1.60. The molecule has 1 aliphatic carbocycles. The van der Waals surface area contributed by atoms with Crippen molar-refractivity contribution in [1.82, 2.24) is 15.3 Å². The second-order valence-corrected chi connectivity index (χ2v) is 6.43. The van der Waals surface area contributed by atoms with Gasteiger partial charge in [0.1, 0.15) is 5.69 Å². The molecule has 0 bridgehead atoms. The normalized spacial score (nSPS) is 15.0. The number of amides is 1. The van der Waals surface area contributed by atoms with E-state index in [-0.39, 0.29) is 5.91 Å². The first-order chi connectivity index (χ1) is 11.7. The number of carbonyl (C=O) groups excluding carboxylic acids is 1. The molecule has 0 radical (unpaired) electrons. The molecular weight excluding hydrogens is 324 g/mol. The van der Waals surface area contributed by atoms with Crippen LogP contribution in [-0.2, 0) is 6.54 Å². The van der Waals surface area contributed by atoms with Crippen molar-refractivity contribution in [1.29, 1.82) is 0 Å². The highest BCUT2D eigenvalue weighted by molar-refractivity contribution is 6.31. The van der Waals surface area contributed by atoms with Crippen LogP contribution in [0.25, 0.3) is 0 Å². The number of anilines is 1. The number of benzene rings is 1. The molecule has 2 aromatic rings. The standard InChI is InChI=1S/C18H21ClN4O/c19-15-9-5-4-6-13(15)12-21-17(24)16-10-11-20-18(23-16)22-14-7-2-1-3-8-14/h4-6,9-11,14H,1-3,7-8,12H2,(H,21,24)(H,20,22,23). The fraction of sp³-hybridized carbons (Fsp3) is 0.389. The van der Waals surface area contributed by atoms with Gasteiger partial charge in [-0.25, -0.2) is 9.97 Å². The highest BCUT2D eigenvalue weighted by Crippen LogP contribution is 2.20. The molecule has 1 amide bonds. The van der Waals surface area contributed by atoms with Gasteiger partial charge in [-0.15, -0.1) is 0 Å². The minimum atomic E-state index is -0.232. The number of hydrogen-bond donors (Lipinski definition) is 2. The van der Waals surface area contributed by atoms with Crippen LogP contribution in [-0.4, -0.2) is 21.9 Å². The van der Waals surface area contributed by atoms with Crippen molar-refractivity contribution in [3.05, 3.63) is 52.8 Å². The first kappa shape index (κ1) is 16.7. The van der Waals surface area contributed by atoms with Gasteiger partial charge in [-0.3, -0.25) is 4.79 Å². The van der Waals surface area contributed by atoms with E-state index in [4.69, 9.17) is 11.6 Å². The van der Waals surface area contributed by atoms with Crippen molar-refractivity contribution in [2.75, 3.05) is 5.32 Å². The summed E-state index contributed by atoms with van der Waals surface area (Å²) in [6.45, 7) is 0.369. The quantitative estimate of drug-likeness (QED) is 0.865. The summed E-state index contributed by atoms with van der Waals surface area (Å²) in [7, 11) is 0. The van der Waals surface area contributed by atoms with Gasteiger partial charge >= 0.3 is 0 Å². The van der Waals surface area contributed by atoms with Gasteiger partial charge in [-0.1, -0.05) is 49.1 Å². The fourth-order valence-corrected chi connectivity index (χ4v) is 3.09. The molecule has 1 aromatic heterocycles. The number of rotatable bonds is 5. The Morgan fingerprint density at radius 2 is 1.96 bits per heavy atom. The molecule has 1 fully saturated rings. The van der Waals surface area contributed by atoms with Crippen molar-refractivity contribution in [3.63, 3.8) is 0 Å². The van der Waals surface area contributed by atoms with E-state index >= 15 is 0 Å². The Kier molecular flexibility index (Phi) is 5.64. The van der Waals surface area contributed by atoms with E-state index in [2.05, 4.69) is 20.6 Å². The van der Waals surface area contributed by atoms with E-state index in [9.17, 15) is 4.79 Å². The number of halogens is 1. The predicted molar refractivity (Wildman–Crippen MR) is 95.1 cm³/mol. The van der Waals surface area contributed by atoms with Gasteiger partial charge in [-0.05, 0) is 30.5 Å². The molecule has 6 heteroatoms. The molecule has 0 spiro atoms. The summed E-state index contributed by atoms with van der Waals surface area (Å²) in [5.41, 5.74) is 1.23. The summed E-state index contributed by atoms with van der Waals surface area (Å²) in [4.78, 5) is 20.9. The molecule has 1 aliphatic rings. The van der Waals surface area contributed by atoms with E-state index < -0.39 is 0 Å². The summed E-state index contributed by atoms with van der Waals surface area (Å²) < 4.78 is 0. The van der Waals surface area contributed by atoms with Crippen LogP contribution in [0.1, 0.15) is 48.2 Å². The lowest BCUT2D eigenvalue weighted by Crippen LogP contribution is -2.26. The summed E-state index contributed by atoms with van der Waals surface area (Å²) in [6, 6.07) is 9.47. The smallest absolute Gasteiger partial charge is 0.270 e. The molecule has 1 saturated carbocycles. The van der Waals surface area contributed by atoms with Crippen molar-refractivity contribution < 1.29 is 4.79 Å². The minimum absolute atomic E-state index is 0.232. The Labute approximate surface area is 146 Å². The van der Waals surface area contributed by atoms with Crippen molar-refractivity contribution in [3.8, 4) is 0 Å². The lowest BCUT2D eigenvalue weighted by Gasteiger charge is -2.22. The van der Waals surface area contributed by atoms with E-state index in [0.29, 0.717) is 29.3 Å². The molecule has 3 rings (SSSR count). The molecule has 24 heavy (non-hydrogen) atoms. The topological polar surface area (TPSA) is 66.9 Å². The second-order valence-electron chi connectivity index (χ2n) is 6.02. The Bertz CT molecular complexity index is 701. The number of nitrogens with zero attached hydrogens (tertiary/aromatic N) is 2. The van der Waals surface area contributed by atoms with Crippen molar-refractivity contribution in [2.45, 2.75) is 44.7 Å². The number of aromatic nitrogens is 2. The van der Waals surface area contributed by atoms with Crippen LogP contribution in [0.3, 0.4) is 0 Å². The second kappa shape index (κ2) is 8.11. The fourth-order valence-electron chi connectivity index (χ4n) is 2.89. The molecule has 1 heterocycles. The number of nitrogens with one attached hydrogen (secondary N) is 2. The Morgan fingerprint density at radius 3 is 2.75 bits per heavy atom. The third-order valence-corrected chi connectivity index (χ3v) is 4.59. The third-order valence-electron chi connectivity index (χ3n) is 4.22. The maximum atomic E-state index is 12.3. The van der Waals surface area contributed by atoms with Gasteiger partial charge in [0.05, 0.1) is 0 Å². The lowest BCUT2D eigenvalue weighted by atomic mass is 9.96. The molecule has 126 valence electrons. The van der Waals surface area contributed by atoms with Crippen LogP contribution in [0, 0.1) is 0 Å². The maximum absolute atomic E-state index is 12.3. The van der Waals surface area contributed by atoms with Crippen LogP contribution in [0.15, 0.2) is 36.5 Å². The zero-order valence-corrected chi connectivity index (χ0v) is 14.2. The number of hydrogen-bond acceptors (Lipinski definition) is 4. The summed E-state index contributed by atoms with van der Waals surface area (Å²) >= 11 is 6.10. The first-order valence-electron chi connectivity index (χ1n) is 8.33. The highest BCUT2D eigenvalue weighted by atomic mass is 35.5. The highest BCUT2D eigenvalue weighted by Gasteiger charge is 2.15. The van der Waals surface area contributed by atoms with Crippen LogP contribution in [0.5, 0.6) is 0 Å². The third kappa shape index (κ3) is 4.45. The van der Waals surface area contributed by atoms with Gasteiger partial charge < -0.3 is 10.6 Å². The molecule has 0 unspecified atom stereocenters. The Morgan fingerprint density at radius 1 is 1.17 bits per heavy atom. The van der Waals surface area contributed by atoms with Gasteiger partial charge in [0, 0.05) is 23.8 Å². The monoisotopic (exact) mass is 344 g/mol. The molecular formula is C18H21ClN4O. The lowest BCUT2D eigenvalue weighted by molar-refractivity contribution is 0.0946. The molecule has 1 aromatic carbocycles. The Hall–Kier alpha value is -2.14. The van der Waals surface area contributed by atoms with E-state index in [1.807, 2.05) is 18.2 Å². The molecule has 0 atom stereocenters. The zero-order valence-electron chi connectivity index (χ0n) is 13.5. The van der Waals surface area contributed by atoms with Crippen LogP contribution >= 0.6 is 11.6 Å². The van der Waals surface area contributed by atoms with Crippen molar-refractivity contribution in [2.24, 2.45) is 0 Å². The van der Waals surface area contributed by atoms with E-state index in [0.717, 1.165) is 18.4 Å². The molecule has 2 N–H and O–H groups in total. The first-order valence-corrected chi connectivity index (χ1v) is 8.71. The predicted octanol–water partition coefficient (Wildman–Crippen LogP) is 3.80. The number of carbonyl (C=O) groups is 1. The van der Waals surface area contributed by atoms with Crippen LogP contribution in [0.2, 0.25) is 5.02 Å². The SMILES string of the molecule is O=C(NCc1ccccc1Cl)c1ccnc(NC2CCCCC2)n1. The van der Waals surface area contributed by atoms with E-state index in [1.165, 1.54) is 19.3 Å². The van der Waals surface area contributed by atoms with Gasteiger partial charge in [0.2, 0.25) is 5.95 Å². The average Bonchev–Trinajstić information content (AvgIpc) is 2.62. The van der Waals surface area contributed by atoms with Gasteiger partial charge in [0.15, 0.2) is 0 Å². The van der Waals surface area contributed by atoms with E-state index in [1.54, 1.807) is 18.3 Å². The maximum Gasteiger partial charge on any atom is 0.270 e. The zero-order chi connectivity index (χ0) is 16.8. The minimum Gasteiger partial charge on any atom is -0.351 e. The van der Waals surface area contributed by atoms with Gasteiger partial charge in [0.25, 0.3) is 5.91 Å². The molecule has 0 saturated heterocycles. The summed E-state index contributed by atoms with van der Waals surface area (Å²) in [5, 5.41) is 6.82. The molecule has 5 nitrogen and oxygen atoms in total. The van der Waals surface area contributed by atoms with Crippen LogP contribution < -0.4 is 10.6 Å². The summed E-state index contributed by atoms with van der Waals surface area (Å²) in [6.07, 6.45) is 7.63. The molecule has 0 aliphatic heterocycles. The summed E-state index contributed by atoms with van der Waals surface area (Å²) in [5.74, 6) is 0.288. The average molecular weight is 345 g/mol.